The number of aryl methyl sites for hydroxylation is 2. The van der Waals surface area contributed by atoms with E-state index in [1.807, 2.05) is 50.2 Å². The van der Waals surface area contributed by atoms with Crippen LogP contribution in [0.5, 0.6) is 5.75 Å². The van der Waals surface area contributed by atoms with Gasteiger partial charge in [0, 0.05) is 21.9 Å². The molecule has 0 bridgehead atoms. The highest BCUT2D eigenvalue weighted by Gasteiger charge is 2.12. The van der Waals surface area contributed by atoms with Crippen LogP contribution in [0, 0.1) is 13.8 Å². The molecule has 0 radical (unpaired) electrons. The Morgan fingerprint density at radius 2 is 1.84 bits per heavy atom. The molecule has 2 aromatic carbocycles. The van der Waals surface area contributed by atoms with Gasteiger partial charge in [-0.1, -0.05) is 39.7 Å². The van der Waals surface area contributed by atoms with Crippen molar-refractivity contribution in [1.82, 2.24) is 19.6 Å². The van der Waals surface area contributed by atoms with Gasteiger partial charge in [-0.3, -0.25) is 9.48 Å². The Morgan fingerprint density at radius 1 is 1.12 bits per heavy atom. The molecule has 2 aromatic heterocycles. The van der Waals surface area contributed by atoms with Crippen LogP contribution >= 0.6 is 27.5 Å². The Balaban J connectivity index is 1.34. The van der Waals surface area contributed by atoms with Crippen molar-refractivity contribution in [3.8, 4) is 5.75 Å². The summed E-state index contributed by atoms with van der Waals surface area (Å²) in [6.45, 7) is 4.65. The number of carbonyl (C=O) groups is 1. The van der Waals surface area contributed by atoms with Gasteiger partial charge in [0.1, 0.15) is 5.75 Å². The lowest BCUT2D eigenvalue weighted by Crippen LogP contribution is -2.14. The average Bonchev–Trinajstić information content (AvgIpc) is 3.41. The van der Waals surface area contributed by atoms with E-state index in [-0.39, 0.29) is 18.3 Å². The topological polar surface area (TPSA) is 74.0 Å². The number of nitrogens with one attached hydrogen (secondary N) is 1. The maximum absolute atomic E-state index is 12.5. The molecule has 0 aliphatic heterocycles. The van der Waals surface area contributed by atoms with Crippen molar-refractivity contribution in [2.45, 2.75) is 27.1 Å². The zero-order chi connectivity index (χ0) is 22.7. The minimum Gasteiger partial charge on any atom is -0.471 e. The quantitative estimate of drug-likeness (QED) is 0.356. The van der Waals surface area contributed by atoms with Gasteiger partial charge in [0.15, 0.2) is 12.4 Å². The normalized spacial score (nSPS) is 10.9. The molecule has 0 fully saturated rings. The SMILES string of the molecule is Cc1cc(OCn2ccc(C(=O)Nc3cnn(Cc4ccc(Br)cc4)c3)n2)cc(C)c1Cl. The van der Waals surface area contributed by atoms with E-state index in [9.17, 15) is 4.79 Å². The first-order valence-electron chi connectivity index (χ1n) is 9.88. The number of ether oxygens (including phenoxy) is 1. The van der Waals surface area contributed by atoms with Crippen LogP contribution in [0.3, 0.4) is 0 Å². The van der Waals surface area contributed by atoms with Gasteiger partial charge in [-0.25, -0.2) is 4.68 Å². The molecule has 1 N–H and O–H groups in total. The number of anilines is 1. The van der Waals surface area contributed by atoms with E-state index in [0.717, 1.165) is 26.2 Å². The Morgan fingerprint density at radius 3 is 2.56 bits per heavy atom. The molecule has 0 saturated carbocycles. The maximum atomic E-state index is 12.5. The molecule has 0 aliphatic carbocycles. The summed E-state index contributed by atoms with van der Waals surface area (Å²) < 4.78 is 10.1. The summed E-state index contributed by atoms with van der Waals surface area (Å²) in [6.07, 6.45) is 5.09. The van der Waals surface area contributed by atoms with Crippen LogP contribution in [0.2, 0.25) is 5.02 Å². The van der Waals surface area contributed by atoms with E-state index >= 15 is 0 Å². The second kappa shape index (κ2) is 9.58. The molecular formula is C23H21BrClN5O2. The van der Waals surface area contributed by atoms with Gasteiger partial charge in [-0.05, 0) is 60.9 Å². The summed E-state index contributed by atoms with van der Waals surface area (Å²) >= 11 is 9.62. The Kier molecular flexibility index (Phi) is 6.62. The van der Waals surface area contributed by atoms with E-state index in [0.29, 0.717) is 18.0 Å². The van der Waals surface area contributed by atoms with E-state index in [1.165, 1.54) is 0 Å². The number of benzene rings is 2. The Hall–Kier alpha value is -3.10. The highest BCUT2D eigenvalue weighted by molar-refractivity contribution is 9.10. The van der Waals surface area contributed by atoms with Crippen molar-refractivity contribution in [1.29, 1.82) is 0 Å². The van der Waals surface area contributed by atoms with E-state index in [4.69, 9.17) is 16.3 Å². The van der Waals surface area contributed by atoms with Gasteiger partial charge in [0.2, 0.25) is 0 Å². The van der Waals surface area contributed by atoms with Gasteiger partial charge in [-0.2, -0.15) is 10.2 Å². The molecule has 0 aliphatic rings. The second-order valence-corrected chi connectivity index (χ2v) is 8.69. The molecule has 4 aromatic rings. The standard InChI is InChI=1S/C23H21BrClN5O2/c1-15-9-20(10-16(2)22(15)25)32-14-29-8-7-21(28-29)23(31)27-19-11-26-30(13-19)12-17-3-5-18(24)6-4-17/h3-11,13H,12,14H2,1-2H3,(H,27,31). The molecule has 0 unspecified atom stereocenters. The molecule has 9 heteroatoms. The third-order valence-electron chi connectivity index (χ3n) is 4.80. The van der Waals surface area contributed by atoms with Gasteiger partial charge < -0.3 is 10.1 Å². The van der Waals surface area contributed by atoms with Gasteiger partial charge in [-0.15, -0.1) is 0 Å². The molecule has 4 rings (SSSR count). The number of amides is 1. The molecule has 0 saturated heterocycles. The fourth-order valence-corrected chi connectivity index (χ4v) is 3.54. The van der Waals surface area contributed by atoms with Crippen LogP contribution < -0.4 is 10.1 Å². The largest absolute Gasteiger partial charge is 0.471 e. The lowest BCUT2D eigenvalue weighted by atomic mass is 10.1. The number of rotatable bonds is 7. The monoisotopic (exact) mass is 513 g/mol. The van der Waals surface area contributed by atoms with E-state index < -0.39 is 0 Å². The first-order chi connectivity index (χ1) is 15.4. The lowest BCUT2D eigenvalue weighted by Gasteiger charge is -2.10. The van der Waals surface area contributed by atoms with Crippen LogP contribution in [-0.2, 0) is 13.3 Å². The molecule has 7 nitrogen and oxygen atoms in total. The summed E-state index contributed by atoms with van der Waals surface area (Å²) in [5.74, 6) is 0.384. The molecule has 2 heterocycles. The number of aromatic nitrogens is 4. The third kappa shape index (κ3) is 5.38. The Bertz CT molecular complexity index is 1230. The summed E-state index contributed by atoms with van der Waals surface area (Å²) in [4.78, 5) is 12.5. The fraction of sp³-hybridized carbons (Fsp3) is 0.174. The third-order valence-corrected chi connectivity index (χ3v) is 5.92. The van der Waals surface area contributed by atoms with Crippen molar-refractivity contribution in [2.24, 2.45) is 0 Å². The highest BCUT2D eigenvalue weighted by Crippen LogP contribution is 2.26. The average molecular weight is 515 g/mol. The van der Waals surface area contributed by atoms with Gasteiger partial charge in [0.25, 0.3) is 5.91 Å². The summed E-state index contributed by atoms with van der Waals surface area (Å²) in [5, 5.41) is 12.1. The van der Waals surface area contributed by atoms with E-state index in [2.05, 4.69) is 31.4 Å². The van der Waals surface area contributed by atoms with Crippen molar-refractivity contribution >= 4 is 39.1 Å². The zero-order valence-corrected chi connectivity index (χ0v) is 19.9. The number of hydrogen-bond donors (Lipinski definition) is 1. The van der Waals surface area contributed by atoms with Crippen molar-refractivity contribution in [3.63, 3.8) is 0 Å². The minimum absolute atomic E-state index is 0.179. The first kappa shape index (κ1) is 22.1. The molecule has 32 heavy (non-hydrogen) atoms. The number of nitrogens with zero attached hydrogens (tertiary/aromatic N) is 4. The van der Waals surface area contributed by atoms with Crippen molar-refractivity contribution in [2.75, 3.05) is 5.32 Å². The molecular weight excluding hydrogens is 494 g/mol. The zero-order valence-electron chi connectivity index (χ0n) is 17.5. The summed E-state index contributed by atoms with van der Waals surface area (Å²) in [6, 6.07) is 13.4. The van der Waals surface area contributed by atoms with Crippen LogP contribution in [-0.4, -0.2) is 25.5 Å². The van der Waals surface area contributed by atoms with Gasteiger partial charge in [0.05, 0.1) is 18.4 Å². The predicted molar refractivity (Wildman–Crippen MR) is 127 cm³/mol. The fourth-order valence-electron chi connectivity index (χ4n) is 3.17. The van der Waals surface area contributed by atoms with Crippen molar-refractivity contribution in [3.05, 3.63) is 92.9 Å². The smallest absolute Gasteiger partial charge is 0.276 e. The highest BCUT2D eigenvalue weighted by atomic mass is 79.9. The van der Waals surface area contributed by atoms with Crippen LogP contribution in [0.4, 0.5) is 5.69 Å². The molecule has 0 spiro atoms. The van der Waals surface area contributed by atoms with E-state index in [1.54, 1.807) is 34.0 Å². The number of hydrogen-bond acceptors (Lipinski definition) is 4. The molecule has 0 atom stereocenters. The van der Waals surface area contributed by atoms with Crippen LogP contribution in [0.1, 0.15) is 27.2 Å². The Labute approximate surface area is 199 Å². The number of carbonyl (C=O) groups excluding carboxylic acids is 1. The summed E-state index contributed by atoms with van der Waals surface area (Å²) in [7, 11) is 0. The van der Waals surface area contributed by atoms with Crippen LogP contribution in [0.25, 0.3) is 0 Å². The lowest BCUT2D eigenvalue weighted by molar-refractivity contribution is 0.102. The number of halogens is 2. The van der Waals surface area contributed by atoms with Crippen LogP contribution in [0.15, 0.2) is 65.5 Å². The second-order valence-electron chi connectivity index (χ2n) is 7.39. The molecule has 164 valence electrons. The minimum atomic E-state index is -0.315. The first-order valence-corrected chi connectivity index (χ1v) is 11.1. The summed E-state index contributed by atoms with van der Waals surface area (Å²) in [5.41, 5.74) is 3.90. The van der Waals surface area contributed by atoms with Crippen molar-refractivity contribution < 1.29 is 9.53 Å². The molecule has 1 amide bonds. The maximum Gasteiger partial charge on any atom is 0.276 e. The predicted octanol–water partition coefficient (Wildman–Crippen LogP) is 5.45. The van der Waals surface area contributed by atoms with Gasteiger partial charge >= 0.3 is 0 Å².